The van der Waals surface area contributed by atoms with E-state index in [1.807, 2.05) is 31.2 Å². The van der Waals surface area contributed by atoms with E-state index in [0.717, 1.165) is 37.2 Å². The van der Waals surface area contributed by atoms with Gasteiger partial charge in [0.15, 0.2) is 0 Å². The lowest BCUT2D eigenvalue weighted by molar-refractivity contribution is -0.126. The van der Waals surface area contributed by atoms with Crippen molar-refractivity contribution < 1.29 is 9.53 Å². The van der Waals surface area contributed by atoms with E-state index in [4.69, 9.17) is 4.74 Å². The van der Waals surface area contributed by atoms with Gasteiger partial charge < -0.3 is 15.0 Å². The summed E-state index contributed by atoms with van der Waals surface area (Å²) in [5.74, 6) is 1.15. The van der Waals surface area contributed by atoms with Crippen LogP contribution in [-0.2, 0) is 11.3 Å². The molecule has 0 spiro atoms. The van der Waals surface area contributed by atoms with Crippen LogP contribution in [0.4, 0.5) is 0 Å². The third kappa shape index (κ3) is 4.23. The summed E-state index contributed by atoms with van der Waals surface area (Å²) in [5.41, 5.74) is 1.08. The highest BCUT2D eigenvalue weighted by molar-refractivity contribution is 5.78. The number of nitrogens with one attached hydrogen (secondary N) is 1. The van der Waals surface area contributed by atoms with E-state index < -0.39 is 0 Å². The third-order valence-corrected chi connectivity index (χ3v) is 3.67. The van der Waals surface area contributed by atoms with Crippen LogP contribution in [0.15, 0.2) is 24.3 Å². The summed E-state index contributed by atoms with van der Waals surface area (Å²) in [4.78, 5) is 14.4. The van der Waals surface area contributed by atoms with Crippen LogP contribution in [0, 0.1) is 5.92 Å². The molecule has 1 fully saturated rings. The fourth-order valence-electron chi connectivity index (χ4n) is 2.63. The van der Waals surface area contributed by atoms with E-state index in [1.54, 1.807) is 0 Å². The van der Waals surface area contributed by atoms with Crippen molar-refractivity contribution in [1.82, 2.24) is 10.2 Å². The minimum Gasteiger partial charge on any atom is -0.494 e. The summed E-state index contributed by atoms with van der Waals surface area (Å²) < 4.78 is 5.46. The van der Waals surface area contributed by atoms with Gasteiger partial charge in [0.25, 0.3) is 0 Å². The molecule has 0 aromatic heterocycles. The molecule has 1 aromatic carbocycles. The van der Waals surface area contributed by atoms with Gasteiger partial charge in [-0.05, 0) is 51.1 Å². The van der Waals surface area contributed by atoms with Crippen molar-refractivity contribution in [1.29, 1.82) is 0 Å². The zero-order valence-electron chi connectivity index (χ0n) is 12.4. The number of nitrogens with zero attached hydrogens (tertiary/aromatic N) is 1. The number of hydrogen-bond donors (Lipinski definition) is 1. The number of piperidine rings is 1. The highest BCUT2D eigenvalue weighted by Crippen LogP contribution is 2.16. The Balaban J connectivity index is 1.85. The maximum atomic E-state index is 12.2. The SMILES string of the molecule is CCOc1cccc(CNC(=O)[C@H]2CCCN(C)C2)c1. The Morgan fingerprint density at radius 3 is 3.10 bits per heavy atom. The van der Waals surface area contributed by atoms with E-state index in [-0.39, 0.29) is 11.8 Å². The molecule has 0 saturated carbocycles. The summed E-state index contributed by atoms with van der Waals surface area (Å²) >= 11 is 0. The van der Waals surface area contributed by atoms with Gasteiger partial charge in [-0.15, -0.1) is 0 Å². The molecule has 0 unspecified atom stereocenters. The fraction of sp³-hybridized carbons (Fsp3) is 0.562. The van der Waals surface area contributed by atoms with E-state index in [2.05, 4.69) is 17.3 Å². The smallest absolute Gasteiger partial charge is 0.224 e. The molecule has 1 N–H and O–H groups in total. The highest BCUT2D eigenvalue weighted by Gasteiger charge is 2.23. The predicted octanol–water partition coefficient (Wildman–Crippen LogP) is 2.04. The normalized spacial score (nSPS) is 19.6. The van der Waals surface area contributed by atoms with Crippen molar-refractivity contribution in [2.45, 2.75) is 26.3 Å². The topological polar surface area (TPSA) is 41.6 Å². The average Bonchev–Trinajstić information content (AvgIpc) is 2.45. The minimum absolute atomic E-state index is 0.129. The van der Waals surface area contributed by atoms with Crippen molar-refractivity contribution in [3.8, 4) is 5.75 Å². The molecule has 1 aromatic rings. The Morgan fingerprint density at radius 2 is 2.35 bits per heavy atom. The van der Waals surface area contributed by atoms with Gasteiger partial charge in [-0.25, -0.2) is 0 Å². The molecular formula is C16H24N2O2. The van der Waals surface area contributed by atoms with Crippen molar-refractivity contribution in [2.24, 2.45) is 5.92 Å². The van der Waals surface area contributed by atoms with Gasteiger partial charge >= 0.3 is 0 Å². The van der Waals surface area contributed by atoms with Crippen molar-refractivity contribution in [2.75, 3.05) is 26.7 Å². The van der Waals surface area contributed by atoms with Crippen LogP contribution in [0.25, 0.3) is 0 Å². The van der Waals surface area contributed by atoms with E-state index in [0.29, 0.717) is 13.2 Å². The van der Waals surface area contributed by atoms with Gasteiger partial charge in [0, 0.05) is 13.1 Å². The second-order valence-corrected chi connectivity index (χ2v) is 5.40. The van der Waals surface area contributed by atoms with Crippen molar-refractivity contribution >= 4 is 5.91 Å². The van der Waals surface area contributed by atoms with Crippen molar-refractivity contribution in [3.63, 3.8) is 0 Å². The molecular weight excluding hydrogens is 252 g/mol. The second-order valence-electron chi connectivity index (χ2n) is 5.40. The standard InChI is InChI=1S/C16H24N2O2/c1-3-20-15-8-4-6-13(10-15)11-17-16(19)14-7-5-9-18(2)12-14/h4,6,8,10,14H,3,5,7,9,11-12H2,1-2H3,(H,17,19)/t14-/m0/s1. The summed E-state index contributed by atoms with van der Waals surface area (Å²) in [6, 6.07) is 7.89. The number of rotatable bonds is 5. The second kappa shape index (κ2) is 7.29. The number of hydrogen-bond acceptors (Lipinski definition) is 3. The van der Waals surface area contributed by atoms with Crippen LogP contribution in [0.2, 0.25) is 0 Å². The van der Waals surface area contributed by atoms with Gasteiger partial charge in [-0.2, -0.15) is 0 Å². The predicted molar refractivity (Wildman–Crippen MR) is 79.7 cm³/mol. The van der Waals surface area contributed by atoms with E-state index in [1.165, 1.54) is 0 Å². The van der Waals surface area contributed by atoms with Crippen LogP contribution in [0.3, 0.4) is 0 Å². The lowest BCUT2D eigenvalue weighted by atomic mass is 9.97. The Kier molecular flexibility index (Phi) is 5.41. The first-order chi connectivity index (χ1) is 9.69. The first-order valence-corrected chi connectivity index (χ1v) is 7.37. The number of amides is 1. The summed E-state index contributed by atoms with van der Waals surface area (Å²) in [6.45, 7) is 5.16. The van der Waals surface area contributed by atoms with E-state index >= 15 is 0 Å². The van der Waals surface area contributed by atoms with Crippen LogP contribution < -0.4 is 10.1 Å². The van der Waals surface area contributed by atoms with Crippen molar-refractivity contribution in [3.05, 3.63) is 29.8 Å². The molecule has 0 radical (unpaired) electrons. The Hall–Kier alpha value is -1.55. The fourth-order valence-corrected chi connectivity index (χ4v) is 2.63. The van der Waals surface area contributed by atoms with Gasteiger partial charge in [-0.3, -0.25) is 4.79 Å². The van der Waals surface area contributed by atoms with Crippen LogP contribution >= 0.6 is 0 Å². The summed E-state index contributed by atoms with van der Waals surface area (Å²) in [7, 11) is 2.07. The first kappa shape index (κ1) is 14.9. The molecule has 0 bridgehead atoms. The van der Waals surface area contributed by atoms with Gasteiger partial charge in [0.1, 0.15) is 5.75 Å². The summed E-state index contributed by atoms with van der Waals surface area (Å²) in [6.07, 6.45) is 2.10. The maximum absolute atomic E-state index is 12.2. The lowest BCUT2D eigenvalue weighted by Gasteiger charge is -2.28. The van der Waals surface area contributed by atoms with Crippen LogP contribution in [0.1, 0.15) is 25.3 Å². The molecule has 1 heterocycles. The molecule has 1 aliphatic heterocycles. The highest BCUT2D eigenvalue weighted by atomic mass is 16.5. The molecule has 1 atom stereocenters. The molecule has 1 amide bonds. The number of carbonyl (C=O) groups is 1. The van der Waals surface area contributed by atoms with Crippen LogP contribution in [-0.4, -0.2) is 37.6 Å². The molecule has 4 heteroatoms. The molecule has 4 nitrogen and oxygen atoms in total. The Morgan fingerprint density at radius 1 is 1.50 bits per heavy atom. The number of carbonyl (C=O) groups excluding carboxylic acids is 1. The van der Waals surface area contributed by atoms with Gasteiger partial charge in [0.2, 0.25) is 5.91 Å². The number of likely N-dealkylation sites (tertiary alicyclic amines) is 1. The Labute approximate surface area is 121 Å². The third-order valence-electron chi connectivity index (χ3n) is 3.67. The first-order valence-electron chi connectivity index (χ1n) is 7.37. The molecule has 20 heavy (non-hydrogen) atoms. The maximum Gasteiger partial charge on any atom is 0.224 e. The summed E-state index contributed by atoms with van der Waals surface area (Å²) in [5, 5.41) is 3.04. The molecule has 0 aliphatic carbocycles. The Bertz CT molecular complexity index is 448. The molecule has 110 valence electrons. The quantitative estimate of drug-likeness (QED) is 0.895. The largest absolute Gasteiger partial charge is 0.494 e. The van der Waals surface area contributed by atoms with E-state index in [9.17, 15) is 4.79 Å². The number of benzene rings is 1. The molecule has 2 rings (SSSR count). The van der Waals surface area contributed by atoms with Gasteiger partial charge in [-0.1, -0.05) is 12.1 Å². The zero-order valence-corrected chi connectivity index (χ0v) is 12.4. The lowest BCUT2D eigenvalue weighted by Crippen LogP contribution is -2.41. The van der Waals surface area contributed by atoms with Crippen LogP contribution in [0.5, 0.6) is 5.75 Å². The minimum atomic E-state index is 0.129. The monoisotopic (exact) mass is 276 g/mol. The molecule has 1 aliphatic rings. The molecule has 1 saturated heterocycles. The number of ether oxygens (including phenoxy) is 1. The van der Waals surface area contributed by atoms with Gasteiger partial charge in [0.05, 0.1) is 12.5 Å². The zero-order chi connectivity index (χ0) is 14.4. The average molecular weight is 276 g/mol.